The summed E-state index contributed by atoms with van der Waals surface area (Å²) in [6.07, 6.45) is -2.69. The minimum Gasteiger partial charge on any atom is -0.396 e. The fourth-order valence-electron chi connectivity index (χ4n) is 0.964. The van der Waals surface area contributed by atoms with Gasteiger partial charge in [0.05, 0.1) is 11.4 Å². The summed E-state index contributed by atoms with van der Waals surface area (Å²) in [7, 11) is 0. The first-order chi connectivity index (χ1) is 6.60. The Morgan fingerprint density at radius 1 is 1.64 bits per heavy atom. The molecule has 0 aliphatic rings. The van der Waals surface area contributed by atoms with Crippen LogP contribution < -0.4 is 5.73 Å². The van der Waals surface area contributed by atoms with Gasteiger partial charge in [-0.15, -0.1) is 0 Å². The van der Waals surface area contributed by atoms with Gasteiger partial charge in [-0.3, -0.25) is 0 Å². The van der Waals surface area contributed by atoms with Gasteiger partial charge in [-0.1, -0.05) is 15.9 Å². The predicted octanol–water partition coefficient (Wildman–Crippen LogP) is 2.37. The highest BCUT2D eigenvalue weighted by Gasteiger charge is 2.16. The van der Waals surface area contributed by atoms with E-state index >= 15 is 0 Å². The second-order valence-electron chi connectivity index (χ2n) is 2.51. The maximum absolute atomic E-state index is 12.4. The lowest BCUT2D eigenvalue weighted by molar-refractivity contribution is 0.152. The zero-order valence-electron chi connectivity index (χ0n) is 6.97. The van der Waals surface area contributed by atoms with E-state index in [1.54, 1.807) is 6.07 Å². The summed E-state index contributed by atoms with van der Waals surface area (Å²) in [5.41, 5.74) is 4.96. The normalized spacial score (nSPS) is 10.2. The van der Waals surface area contributed by atoms with Crippen LogP contribution in [0.1, 0.15) is 23.4 Å². The maximum atomic E-state index is 12.4. The van der Waals surface area contributed by atoms with Crippen molar-refractivity contribution in [1.82, 2.24) is 4.98 Å². The van der Waals surface area contributed by atoms with Crippen LogP contribution in [0.15, 0.2) is 6.07 Å². The van der Waals surface area contributed by atoms with Crippen LogP contribution >= 0.6 is 15.9 Å². The van der Waals surface area contributed by atoms with Crippen molar-refractivity contribution >= 4 is 21.6 Å². The van der Waals surface area contributed by atoms with Crippen molar-refractivity contribution in [3.8, 4) is 6.07 Å². The highest BCUT2D eigenvalue weighted by molar-refractivity contribution is 9.08. The van der Waals surface area contributed by atoms with E-state index in [0.29, 0.717) is 11.0 Å². The van der Waals surface area contributed by atoms with Crippen LogP contribution in [0.5, 0.6) is 0 Å². The number of rotatable bonds is 2. The second kappa shape index (κ2) is 4.33. The van der Waals surface area contributed by atoms with E-state index in [1.807, 2.05) is 0 Å². The molecule has 3 nitrogen and oxygen atoms in total. The molecule has 0 aliphatic carbocycles. The molecule has 1 aromatic heterocycles. The molecular formula is C8H6BrF2N3. The fraction of sp³-hybridized carbons (Fsp3) is 0.250. The van der Waals surface area contributed by atoms with Gasteiger partial charge in [0.25, 0.3) is 6.43 Å². The van der Waals surface area contributed by atoms with E-state index in [2.05, 4.69) is 20.9 Å². The van der Waals surface area contributed by atoms with Gasteiger partial charge in [-0.25, -0.2) is 13.8 Å². The van der Waals surface area contributed by atoms with Gasteiger partial charge in [0.15, 0.2) is 5.69 Å². The number of anilines is 1. The zero-order valence-corrected chi connectivity index (χ0v) is 8.55. The molecule has 0 atom stereocenters. The van der Waals surface area contributed by atoms with Crippen LogP contribution in [0.3, 0.4) is 0 Å². The number of aromatic nitrogens is 1. The number of nitrogens with two attached hydrogens (primary N) is 1. The molecule has 0 unspecified atom stereocenters. The molecular weight excluding hydrogens is 256 g/mol. The highest BCUT2D eigenvalue weighted by atomic mass is 79.9. The first kappa shape index (κ1) is 10.9. The minimum atomic E-state index is -2.69. The second-order valence-corrected chi connectivity index (χ2v) is 3.07. The van der Waals surface area contributed by atoms with Crippen LogP contribution in [0.25, 0.3) is 0 Å². The van der Waals surface area contributed by atoms with Crippen LogP contribution in [0, 0.1) is 11.3 Å². The van der Waals surface area contributed by atoms with Crippen LogP contribution in [-0.4, -0.2) is 4.98 Å². The van der Waals surface area contributed by atoms with Gasteiger partial charge in [-0.2, -0.15) is 5.26 Å². The Hall–Kier alpha value is -1.22. The smallest absolute Gasteiger partial charge is 0.265 e. The first-order valence-corrected chi connectivity index (χ1v) is 4.75. The number of nitrogen functional groups attached to an aromatic ring is 1. The van der Waals surface area contributed by atoms with Crippen molar-refractivity contribution in [3.05, 3.63) is 23.0 Å². The number of halogens is 3. The Morgan fingerprint density at radius 3 is 2.71 bits per heavy atom. The number of nitrogens with zero attached hydrogens (tertiary/aromatic N) is 2. The molecule has 1 aromatic rings. The summed E-state index contributed by atoms with van der Waals surface area (Å²) in [6.45, 7) is 0. The molecule has 0 amide bonds. The number of nitriles is 1. The number of hydrogen-bond donors (Lipinski definition) is 1. The molecule has 6 heteroatoms. The highest BCUT2D eigenvalue weighted by Crippen LogP contribution is 2.27. The van der Waals surface area contributed by atoms with Crippen molar-refractivity contribution in [1.29, 1.82) is 5.26 Å². The van der Waals surface area contributed by atoms with Crippen molar-refractivity contribution in [3.63, 3.8) is 0 Å². The third-order valence-electron chi connectivity index (χ3n) is 1.62. The Kier molecular flexibility index (Phi) is 3.36. The maximum Gasteiger partial charge on any atom is 0.265 e. The van der Waals surface area contributed by atoms with Crippen molar-refractivity contribution in [2.45, 2.75) is 11.8 Å². The molecule has 0 spiro atoms. The minimum absolute atomic E-state index is 0.155. The summed E-state index contributed by atoms with van der Waals surface area (Å²) >= 11 is 3.07. The molecule has 2 N–H and O–H groups in total. The molecule has 0 bridgehead atoms. The van der Waals surface area contributed by atoms with Gasteiger partial charge >= 0.3 is 0 Å². The SMILES string of the molecule is N#Cc1nc(CBr)cc(C(F)F)c1N. The van der Waals surface area contributed by atoms with Gasteiger partial charge in [0, 0.05) is 10.9 Å². The average molecular weight is 262 g/mol. The fourth-order valence-corrected chi connectivity index (χ4v) is 1.25. The summed E-state index contributed by atoms with van der Waals surface area (Å²) in [5, 5.41) is 8.90. The summed E-state index contributed by atoms with van der Waals surface area (Å²) in [4.78, 5) is 3.79. The molecule has 0 radical (unpaired) electrons. The Morgan fingerprint density at radius 2 is 2.29 bits per heavy atom. The molecule has 0 saturated heterocycles. The molecule has 0 aromatic carbocycles. The van der Waals surface area contributed by atoms with Crippen LogP contribution in [0.4, 0.5) is 14.5 Å². The third-order valence-corrected chi connectivity index (χ3v) is 2.20. The van der Waals surface area contributed by atoms with E-state index in [9.17, 15) is 8.78 Å². The Bertz CT molecular complexity index is 387. The van der Waals surface area contributed by atoms with E-state index in [4.69, 9.17) is 11.0 Å². The largest absolute Gasteiger partial charge is 0.396 e. The monoisotopic (exact) mass is 261 g/mol. The summed E-state index contributed by atoms with van der Waals surface area (Å²) < 4.78 is 24.9. The zero-order chi connectivity index (χ0) is 10.7. The lowest BCUT2D eigenvalue weighted by Gasteiger charge is -2.07. The molecule has 14 heavy (non-hydrogen) atoms. The Balaban J connectivity index is 3.36. The number of alkyl halides is 3. The van der Waals surface area contributed by atoms with E-state index < -0.39 is 6.43 Å². The summed E-state index contributed by atoms with van der Waals surface area (Å²) in [6, 6.07) is 2.87. The molecule has 1 heterocycles. The van der Waals surface area contributed by atoms with E-state index in [1.165, 1.54) is 6.07 Å². The molecule has 0 aliphatic heterocycles. The van der Waals surface area contributed by atoms with Crippen molar-refractivity contribution < 1.29 is 8.78 Å². The standard InChI is InChI=1S/C8H6BrF2N3/c9-2-4-1-5(8(10)11)7(13)6(3-12)14-4/h1,8H,2,13H2. The summed E-state index contributed by atoms with van der Waals surface area (Å²) in [5.74, 6) is 0. The molecule has 0 fully saturated rings. The van der Waals surface area contributed by atoms with Gasteiger partial charge in [0.2, 0.25) is 0 Å². The quantitative estimate of drug-likeness (QED) is 0.832. The number of pyridine rings is 1. The van der Waals surface area contributed by atoms with Gasteiger partial charge < -0.3 is 5.73 Å². The van der Waals surface area contributed by atoms with Crippen molar-refractivity contribution in [2.75, 3.05) is 5.73 Å². The van der Waals surface area contributed by atoms with Gasteiger partial charge in [-0.05, 0) is 6.07 Å². The first-order valence-electron chi connectivity index (χ1n) is 3.63. The lowest BCUT2D eigenvalue weighted by Crippen LogP contribution is -2.03. The van der Waals surface area contributed by atoms with Crippen molar-refractivity contribution in [2.24, 2.45) is 0 Å². The molecule has 74 valence electrons. The predicted molar refractivity (Wildman–Crippen MR) is 51.0 cm³/mol. The van der Waals surface area contributed by atoms with Crippen LogP contribution in [-0.2, 0) is 5.33 Å². The third kappa shape index (κ3) is 1.99. The lowest BCUT2D eigenvalue weighted by atomic mass is 10.1. The molecule has 1 rings (SSSR count). The topological polar surface area (TPSA) is 62.7 Å². The van der Waals surface area contributed by atoms with Gasteiger partial charge in [0.1, 0.15) is 6.07 Å². The van der Waals surface area contributed by atoms with E-state index in [0.717, 1.165) is 0 Å². The van der Waals surface area contributed by atoms with E-state index in [-0.39, 0.29) is 16.9 Å². The average Bonchev–Trinajstić information content (AvgIpc) is 2.17. The number of hydrogen-bond acceptors (Lipinski definition) is 3. The molecule has 0 saturated carbocycles. The Labute approximate surface area is 87.7 Å². The van der Waals surface area contributed by atoms with Crippen LogP contribution in [0.2, 0.25) is 0 Å².